The molecule has 0 aliphatic heterocycles. The predicted molar refractivity (Wildman–Crippen MR) is 69.2 cm³/mol. The van der Waals surface area contributed by atoms with Crippen LogP contribution in [0.2, 0.25) is 0 Å². The lowest BCUT2D eigenvalue weighted by Gasteiger charge is -2.06. The van der Waals surface area contributed by atoms with E-state index < -0.39 is 0 Å². The van der Waals surface area contributed by atoms with E-state index in [9.17, 15) is 5.11 Å². The van der Waals surface area contributed by atoms with Crippen molar-refractivity contribution >= 4 is 11.6 Å². The molecule has 0 spiro atoms. The molecule has 0 aliphatic carbocycles. The number of anilines is 1. The summed E-state index contributed by atoms with van der Waals surface area (Å²) in [6, 6.07) is 9.14. The minimum absolute atomic E-state index is 0.240. The highest BCUT2D eigenvalue weighted by Gasteiger charge is 2.09. The first-order valence-electron chi connectivity index (χ1n) is 5.56. The summed E-state index contributed by atoms with van der Waals surface area (Å²) >= 11 is 0. The summed E-state index contributed by atoms with van der Waals surface area (Å²) in [7, 11) is 0. The van der Waals surface area contributed by atoms with E-state index in [0.29, 0.717) is 0 Å². The fourth-order valence-corrected chi connectivity index (χ4v) is 2.03. The fraction of sp³-hybridized carbons (Fsp3) is 0.0769. The molecule has 2 aromatic heterocycles. The molecule has 1 aromatic carbocycles. The summed E-state index contributed by atoms with van der Waals surface area (Å²) in [5, 5.41) is 14.0. The second-order valence-electron chi connectivity index (χ2n) is 4.17. The van der Waals surface area contributed by atoms with Gasteiger partial charge in [0.25, 0.3) is 0 Å². The molecular formula is C13H12N4O. The minimum Gasteiger partial charge on any atom is -0.507 e. The van der Waals surface area contributed by atoms with Crippen LogP contribution in [0, 0.1) is 6.92 Å². The van der Waals surface area contributed by atoms with Gasteiger partial charge in [0, 0.05) is 17.3 Å². The molecule has 0 radical (unpaired) electrons. The molecule has 3 rings (SSSR count). The first-order chi connectivity index (χ1) is 8.65. The molecule has 0 bridgehead atoms. The number of nitrogens with zero attached hydrogens (tertiary/aromatic N) is 3. The molecule has 18 heavy (non-hydrogen) atoms. The van der Waals surface area contributed by atoms with Gasteiger partial charge in [0.05, 0.1) is 0 Å². The number of nitrogens with two attached hydrogens (primary N) is 1. The molecule has 2 heterocycles. The maximum atomic E-state index is 9.86. The van der Waals surface area contributed by atoms with Crippen LogP contribution in [-0.2, 0) is 0 Å². The number of benzene rings is 1. The Morgan fingerprint density at radius 1 is 1.28 bits per heavy atom. The summed E-state index contributed by atoms with van der Waals surface area (Å²) in [5.41, 5.74) is 8.91. The van der Waals surface area contributed by atoms with Gasteiger partial charge in [-0.2, -0.15) is 4.98 Å². The van der Waals surface area contributed by atoms with E-state index in [1.165, 1.54) is 0 Å². The first kappa shape index (κ1) is 10.6. The number of hydrogen-bond donors (Lipinski definition) is 2. The van der Waals surface area contributed by atoms with Gasteiger partial charge in [0.2, 0.25) is 5.95 Å². The van der Waals surface area contributed by atoms with Crippen molar-refractivity contribution in [3.8, 4) is 16.9 Å². The predicted octanol–water partition coefficient (Wildman–Crippen LogP) is 1.99. The highest BCUT2D eigenvalue weighted by atomic mass is 16.3. The van der Waals surface area contributed by atoms with Crippen LogP contribution < -0.4 is 5.73 Å². The van der Waals surface area contributed by atoms with Crippen LogP contribution in [0.1, 0.15) is 5.56 Å². The third kappa shape index (κ3) is 1.57. The van der Waals surface area contributed by atoms with Crippen molar-refractivity contribution in [1.82, 2.24) is 14.6 Å². The Bertz CT molecular complexity index is 733. The number of phenols is 1. The van der Waals surface area contributed by atoms with Crippen molar-refractivity contribution in [3.63, 3.8) is 0 Å². The van der Waals surface area contributed by atoms with Crippen molar-refractivity contribution in [3.05, 3.63) is 42.1 Å². The summed E-state index contributed by atoms with van der Waals surface area (Å²) in [4.78, 5) is 4.14. The second kappa shape index (κ2) is 3.73. The molecule has 3 aromatic rings. The molecule has 0 saturated carbocycles. The van der Waals surface area contributed by atoms with Crippen LogP contribution >= 0.6 is 0 Å². The van der Waals surface area contributed by atoms with Gasteiger partial charge in [-0.15, -0.1) is 5.10 Å². The summed E-state index contributed by atoms with van der Waals surface area (Å²) in [5.74, 6) is 0.483. The number of aryl methyl sites for hydroxylation is 1. The first-order valence-corrected chi connectivity index (χ1v) is 5.56. The van der Waals surface area contributed by atoms with Crippen molar-refractivity contribution in [2.45, 2.75) is 6.92 Å². The molecule has 0 unspecified atom stereocenters. The molecule has 0 aliphatic rings. The van der Waals surface area contributed by atoms with Crippen molar-refractivity contribution < 1.29 is 5.11 Å². The number of aromatic nitrogens is 3. The quantitative estimate of drug-likeness (QED) is 0.682. The Hall–Kier alpha value is -2.56. The van der Waals surface area contributed by atoms with Crippen molar-refractivity contribution in [2.75, 3.05) is 5.73 Å². The number of nitrogen functional groups attached to an aromatic ring is 1. The highest BCUT2D eigenvalue weighted by Crippen LogP contribution is 2.29. The van der Waals surface area contributed by atoms with Crippen molar-refractivity contribution in [1.29, 1.82) is 0 Å². The van der Waals surface area contributed by atoms with E-state index in [1.54, 1.807) is 22.8 Å². The lowest BCUT2D eigenvalue weighted by atomic mass is 10.1. The Balaban J connectivity index is 2.28. The molecule has 5 nitrogen and oxygen atoms in total. The largest absolute Gasteiger partial charge is 0.507 e. The van der Waals surface area contributed by atoms with Crippen LogP contribution in [0.25, 0.3) is 16.8 Å². The Labute approximate surface area is 104 Å². The monoisotopic (exact) mass is 240 g/mol. The van der Waals surface area contributed by atoms with Crippen molar-refractivity contribution in [2.24, 2.45) is 0 Å². The van der Waals surface area contributed by atoms with Gasteiger partial charge in [0.15, 0.2) is 5.65 Å². The topological polar surface area (TPSA) is 76.4 Å². The Morgan fingerprint density at radius 2 is 2.06 bits per heavy atom. The second-order valence-corrected chi connectivity index (χ2v) is 4.17. The van der Waals surface area contributed by atoms with E-state index in [-0.39, 0.29) is 11.7 Å². The van der Waals surface area contributed by atoms with Gasteiger partial charge in [-0.25, -0.2) is 4.52 Å². The van der Waals surface area contributed by atoms with Crippen LogP contribution in [0.4, 0.5) is 5.95 Å². The zero-order chi connectivity index (χ0) is 12.7. The molecule has 0 atom stereocenters. The van der Waals surface area contributed by atoms with Crippen LogP contribution in [0.3, 0.4) is 0 Å². The summed E-state index contributed by atoms with van der Waals surface area (Å²) in [6.07, 6.45) is 1.81. The zero-order valence-electron chi connectivity index (χ0n) is 9.83. The molecule has 0 saturated heterocycles. The molecular weight excluding hydrogens is 228 g/mol. The van der Waals surface area contributed by atoms with E-state index >= 15 is 0 Å². The molecule has 5 heteroatoms. The number of phenolic OH excluding ortho intramolecular Hbond substituents is 1. The maximum absolute atomic E-state index is 9.86. The zero-order valence-corrected chi connectivity index (χ0v) is 9.83. The lowest BCUT2D eigenvalue weighted by Crippen LogP contribution is -1.92. The van der Waals surface area contributed by atoms with Gasteiger partial charge in [-0.05, 0) is 24.6 Å². The molecule has 0 amide bonds. The van der Waals surface area contributed by atoms with E-state index in [1.807, 2.05) is 25.1 Å². The third-order valence-corrected chi connectivity index (χ3v) is 2.85. The van der Waals surface area contributed by atoms with Gasteiger partial charge in [-0.1, -0.05) is 18.2 Å². The van der Waals surface area contributed by atoms with Crippen LogP contribution in [-0.4, -0.2) is 19.7 Å². The van der Waals surface area contributed by atoms with Gasteiger partial charge in [-0.3, -0.25) is 0 Å². The molecule has 3 N–H and O–H groups in total. The summed E-state index contributed by atoms with van der Waals surface area (Å²) in [6.45, 7) is 1.94. The number of fused-ring (bicyclic) bond motifs is 1. The third-order valence-electron chi connectivity index (χ3n) is 2.85. The number of pyridine rings is 1. The SMILES string of the molecule is Cc1cc(-c2ccccc2O)cn2nc(N)nc12. The average Bonchev–Trinajstić information content (AvgIpc) is 2.71. The fourth-order valence-electron chi connectivity index (χ4n) is 2.03. The van der Waals surface area contributed by atoms with Crippen LogP contribution in [0.15, 0.2) is 36.5 Å². The molecule has 90 valence electrons. The maximum Gasteiger partial charge on any atom is 0.240 e. The van der Waals surface area contributed by atoms with E-state index in [0.717, 1.165) is 22.3 Å². The minimum atomic E-state index is 0.240. The Morgan fingerprint density at radius 3 is 2.83 bits per heavy atom. The average molecular weight is 240 g/mol. The molecule has 0 fully saturated rings. The summed E-state index contributed by atoms with van der Waals surface area (Å²) < 4.78 is 1.63. The number of para-hydroxylation sites is 1. The van der Waals surface area contributed by atoms with Crippen LogP contribution in [0.5, 0.6) is 5.75 Å². The standard InChI is InChI=1S/C13H12N4O/c1-8-6-9(10-4-2-3-5-11(10)18)7-17-12(8)15-13(14)16-17/h2-7,18H,1H3,(H2,14,16). The van der Waals surface area contributed by atoms with E-state index in [4.69, 9.17) is 5.73 Å². The van der Waals surface area contributed by atoms with Gasteiger partial charge >= 0.3 is 0 Å². The Kier molecular flexibility index (Phi) is 2.19. The normalized spacial score (nSPS) is 10.9. The van der Waals surface area contributed by atoms with Gasteiger partial charge in [0.1, 0.15) is 5.75 Å². The lowest BCUT2D eigenvalue weighted by molar-refractivity contribution is 0.477. The smallest absolute Gasteiger partial charge is 0.240 e. The number of aromatic hydroxyl groups is 1. The number of rotatable bonds is 1. The highest BCUT2D eigenvalue weighted by molar-refractivity contribution is 5.72. The van der Waals surface area contributed by atoms with Gasteiger partial charge < -0.3 is 10.8 Å². The van der Waals surface area contributed by atoms with E-state index in [2.05, 4.69) is 10.1 Å². The number of hydrogen-bond acceptors (Lipinski definition) is 4.